The van der Waals surface area contributed by atoms with Crippen molar-refractivity contribution in [2.45, 2.75) is 18.8 Å². The van der Waals surface area contributed by atoms with E-state index in [1.165, 1.54) is 5.56 Å². The van der Waals surface area contributed by atoms with Gasteiger partial charge in [0, 0.05) is 12.0 Å². The van der Waals surface area contributed by atoms with Crippen LogP contribution in [0.1, 0.15) is 18.9 Å². The largest absolute Gasteiger partial charge is 0.395 e. The van der Waals surface area contributed by atoms with Gasteiger partial charge >= 0.3 is 0 Å². The Hall–Kier alpha value is -0.860. The molecule has 1 N–H and O–H groups in total. The van der Waals surface area contributed by atoms with Gasteiger partial charge in [-0.25, -0.2) is 0 Å². The summed E-state index contributed by atoms with van der Waals surface area (Å²) in [7, 11) is 4.09. The summed E-state index contributed by atoms with van der Waals surface area (Å²) in [5.74, 6) is 0. The fraction of sp³-hybridized carbons (Fsp3) is 0.538. The third kappa shape index (κ3) is 2.80. The third-order valence-corrected chi connectivity index (χ3v) is 2.98. The minimum Gasteiger partial charge on any atom is -0.395 e. The Labute approximate surface area is 92.5 Å². The van der Waals surface area contributed by atoms with Crippen molar-refractivity contribution in [1.82, 2.24) is 4.90 Å². The molecular formula is C13H21NO. The van der Waals surface area contributed by atoms with Gasteiger partial charge in [-0.05, 0) is 26.1 Å². The number of nitrogens with zero attached hydrogens (tertiary/aromatic N) is 1. The van der Waals surface area contributed by atoms with E-state index in [0.717, 1.165) is 13.0 Å². The number of rotatable bonds is 5. The Kier molecular flexibility index (Phi) is 4.30. The first-order chi connectivity index (χ1) is 7.14. The summed E-state index contributed by atoms with van der Waals surface area (Å²) in [5, 5.41) is 9.65. The topological polar surface area (TPSA) is 23.5 Å². The minimum atomic E-state index is -0.120. The van der Waals surface area contributed by atoms with Crippen LogP contribution in [-0.4, -0.2) is 37.3 Å². The van der Waals surface area contributed by atoms with Gasteiger partial charge in [-0.3, -0.25) is 0 Å². The summed E-state index contributed by atoms with van der Waals surface area (Å²) in [6, 6.07) is 10.3. The predicted octanol–water partition coefficient (Wildman–Crippen LogP) is 1.89. The number of hydrogen-bond donors (Lipinski definition) is 1. The molecule has 0 aliphatic heterocycles. The van der Waals surface area contributed by atoms with Gasteiger partial charge in [0.2, 0.25) is 0 Å². The molecule has 0 spiro atoms. The van der Waals surface area contributed by atoms with Gasteiger partial charge in [-0.1, -0.05) is 37.3 Å². The van der Waals surface area contributed by atoms with E-state index < -0.39 is 0 Å². The van der Waals surface area contributed by atoms with Crippen LogP contribution < -0.4 is 0 Å². The van der Waals surface area contributed by atoms with Crippen LogP contribution in [0.2, 0.25) is 0 Å². The lowest BCUT2D eigenvalue weighted by molar-refractivity contribution is 0.153. The van der Waals surface area contributed by atoms with E-state index >= 15 is 0 Å². The molecule has 2 nitrogen and oxygen atoms in total. The van der Waals surface area contributed by atoms with Gasteiger partial charge in [0.15, 0.2) is 0 Å². The molecule has 0 aliphatic carbocycles. The first-order valence-electron chi connectivity index (χ1n) is 5.46. The highest BCUT2D eigenvalue weighted by Crippen LogP contribution is 2.27. The van der Waals surface area contributed by atoms with Crippen molar-refractivity contribution in [3.63, 3.8) is 0 Å². The molecule has 0 heterocycles. The quantitative estimate of drug-likeness (QED) is 0.797. The molecule has 0 saturated heterocycles. The maximum absolute atomic E-state index is 9.65. The van der Waals surface area contributed by atoms with E-state index in [1.54, 1.807) is 0 Å². The molecule has 0 fully saturated rings. The van der Waals surface area contributed by atoms with E-state index in [1.807, 2.05) is 32.3 Å². The highest BCUT2D eigenvalue weighted by molar-refractivity contribution is 5.26. The number of likely N-dealkylation sites (N-methyl/N-ethyl adjacent to an activating group) is 1. The maximum Gasteiger partial charge on any atom is 0.0540 e. The monoisotopic (exact) mass is 207 g/mol. The van der Waals surface area contributed by atoms with Gasteiger partial charge in [0.1, 0.15) is 0 Å². The average molecular weight is 207 g/mol. The molecule has 0 saturated carbocycles. The van der Waals surface area contributed by atoms with Crippen LogP contribution in [0.15, 0.2) is 30.3 Å². The Bertz CT molecular complexity index is 278. The fourth-order valence-corrected chi connectivity index (χ4v) is 2.06. The van der Waals surface area contributed by atoms with Crippen molar-refractivity contribution in [1.29, 1.82) is 0 Å². The molecule has 1 atom stereocenters. The van der Waals surface area contributed by atoms with Crippen LogP contribution in [-0.2, 0) is 5.41 Å². The molecular weight excluding hydrogens is 186 g/mol. The van der Waals surface area contributed by atoms with Crippen LogP contribution in [0.3, 0.4) is 0 Å². The van der Waals surface area contributed by atoms with Crippen molar-refractivity contribution in [2.24, 2.45) is 0 Å². The summed E-state index contributed by atoms with van der Waals surface area (Å²) in [6.07, 6.45) is 0.950. The van der Waals surface area contributed by atoms with Crippen LogP contribution in [0.4, 0.5) is 0 Å². The molecule has 15 heavy (non-hydrogen) atoms. The zero-order valence-corrected chi connectivity index (χ0v) is 9.90. The smallest absolute Gasteiger partial charge is 0.0540 e. The van der Waals surface area contributed by atoms with E-state index in [2.05, 4.69) is 24.0 Å². The summed E-state index contributed by atoms with van der Waals surface area (Å²) in [4.78, 5) is 2.13. The van der Waals surface area contributed by atoms with Gasteiger partial charge in [-0.15, -0.1) is 0 Å². The molecule has 1 unspecified atom stereocenters. The standard InChI is InChI=1S/C13H21NO/c1-4-13(11-15,10-14(2)3)12-8-6-5-7-9-12/h5-9,15H,4,10-11H2,1-3H3. The van der Waals surface area contributed by atoms with Crippen molar-refractivity contribution < 1.29 is 5.11 Å². The zero-order valence-electron chi connectivity index (χ0n) is 9.90. The minimum absolute atomic E-state index is 0.120. The zero-order chi connectivity index (χ0) is 11.3. The van der Waals surface area contributed by atoms with Crippen molar-refractivity contribution in [3.8, 4) is 0 Å². The van der Waals surface area contributed by atoms with Gasteiger partial charge < -0.3 is 10.0 Å². The van der Waals surface area contributed by atoms with Gasteiger partial charge in [-0.2, -0.15) is 0 Å². The molecule has 2 heteroatoms. The lowest BCUT2D eigenvalue weighted by Gasteiger charge is -2.34. The SMILES string of the molecule is CCC(CO)(CN(C)C)c1ccccc1. The second-order valence-corrected chi connectivity index (χ2v) is 4.40. The molecule has 1 aromatic rings. The van der Waals surface area contributed by atoms with Crippen LogP contribution in [0.25, 0.3) is 0 Å². The third-order valence-electron chi connectivity index (χ3n) is 2.98. The summed E-state index contributed by atoms with van der Waals surface area (Å²) in [6.45, 7) is 3.21. The van der Waals surface area contributed by atoms with Crippen molar-refractivity contribution >= 4 is 0 Å². The fourth-order valence-electron chi connectivity index (χ4n) is 2.06. The number of hydrogen-bond acceptors (Lipinski definition) is 2. The Morgan fingerprint density at radius 2 is 1.80 bits per heavy atom. The molecule has 0 amide bonds. The summed E-state index contributed by atoms with van der Waals surface area (Å²) in [5.41, 5.74) is 1.11. The molecule has 0 bridgehead atoms. The number of benzene rings is 1. The van der Waals surface area contributed by atoms with Crippen LogP contribution >= 0.6 is 0 Å². The molecule has 0 aliphatic rings. The van der Waals surface area contributed by atoms with E-state index in [9.17, 15) is 5.11 Å². The molecule has 84 valence electrons. The van der Waals surface area contributed by atoms with Crippen molar-refractivity contribution in [2.75, 3.05) is 27.2 Å². The second-order valence-electron chi connectivity index (χ2n) is 4.40. The van der Waals surface area contributed by atoms with E-state index in [4.69, 9.17) is 0 Å². The first-order valence-corrected chi connectivity index (χ1v) is 5.46. The van der Waals surface area contributed by atoms with E-state index in [0.29, 0.717) is 0 Å². The Morgan fingerprint density at radius 3 is 2.20 bits per heavy atom. The molecule has 1 aromatic carbocycles. The summed E-state index contributed by atoms with van der Waals surface area (Å²) < 4.78 is 0. The Balaban J connectivity index is 3.00. The Morgan fingerprint density at radius 1 is 1.20 bits per heavy atom. The average Bonchev–Trinajstić information content (AvgIpc) is 2.27. The van der Waals surface area contributed by atoms with Gasteiger partial charge in [0.25, 0.3) is 0 Å². The first kappa shape index (κ1) is 12.2. The molecule has 0 radical (unpaired) electrons. The number of aliphatic hydroxyl groups is 1. The molecule has 0 aromatic heterocycles. The van der Waals surface area contributed by atoms with E-state index in [-0.39, 0.29) is 12.0 Å². The highest BCUT2D eigenvalue weighted by Gasteiger charge is 2.29. The highest BCUT2D eigenvalue weighted by atomic mass is 16.3. The van der Waals surface area contributed by atoms with Gasteiger partial charge in [0.05, 0.1) is 6.61 Å². The maximum atomic E-state index is 9.65. The molecule has 1 rings (SSSR count). The van der Waals surface area contributed by atoms with Crippen LogP contribution in [0.5, 0.6) is 0 Å². The lowest BCUT2D eigenvalue weighted by atomic mass is 9.78. The van der Waals surface area contributed by atoms with Crippen molar-refractivity contribution in [3.05, 3.63) is 35.9 Å². The summed E-state index contributed by atoms with van der Waals surface area (Å²) >= 11 is 0. The second kappa shape index (κ2) is 5.29. The normalized spacial score (nSPS) is 15.3. The predicted molar refractivity (Wildman–Crippen MR) is 64.1 cm³/mol. The number of aliphatic hydroxyl groups excluding tert-OH is 1. The van der Waals surface area contributed by atoms with Crippen LogP contribution in [0, 0.1) is 0 Å². The lowest BCUT2D eigenvalue weighted by Crippen LogP contribution is -2.40.